The van der Waals surface area contributed by atoms with Crippen molar-refractivity contribution in [3.05, 3.63) is 52.3 Å². The van der Waals surface area contributed by atoms with Crippen molar-refractivity contribution in [3.8, 4) is 6.07 Å². The van der Waals surface area contributed by atoms with Crippen molar-refractivity contribution >= 4 is 21.6 Å². The van der Waals surface area contributed by atoms with Gasteiger partial charge in [0, 0.05) is 17.7 Å². The molecule has 1 amide bonds. The molecule has 2 N–H and O–H groups in total. The summed E-state index contributed by atoms with van der Waals surface area (Å²) in [5.41, 5.74) is 3.33. The number of halogens is 1. The number of carbonyl (C=O) groups excluding carboxylic acids is 1. The van der Waals surface area contributed by atoms with Crippen molar-refractivity contribution in [2.24, 2.45) is 5.73 Å². The van der Waals surface area contributed by atoms with Crippen molar-refractivity contribution in [1.29, 1.82) is 5.26 Å². The topological polar surface area (TPSA) is 157 Å². The third kappa shape index (κ3) is 4.20. The molecule has 0 spiro atoms. The van der Waals surface area contributed by atoms with Crippen molar-refractivity contribution in [2.45, 2.75) is 17.2 Å². The maximum absolute atomic E-state index is 14.2. The Morgan fingerprint density at radius 3 is 2.72 bits per heavy atom. The van der Waals surface area contributed by atoms with Crippen LogP contribution in [0.2, 0.25) is 0 Å². The number of non-ortho nitro benzene ring substituents is 1. The number of nitriles is 1. The zero-order valence-electron chi connectivity index (χ0n) is 15.5. The standard InChI is InChI=1S/C17H19FN4O6S/c1-3-6-28-15(23)21-9-17(8-19,10-21)29(26,27)11-16(2,20)13-7-12(22(24)25)4-5-14(13)18/h3-5,7H,1,6,9-11,20H2,2H3/t16-/m0/s1. The lowest BCUT2D eigenvalue weighted by Gasteiger charge is -2.44. The first kappa shape index (κ1) is 22.3. The average molecular weight is 426 g/mol. The molecule has 0 saturated carbocycles. The highest BCUT2D eigenvalue weighted by Crippen LogP contribution is 2.35. The Kier molecular flexibility index (Phi) is 5.96. The van der Waals surface area contributed by atoms with E-state index in [9.17, 15) is 33.0 Å². The van der Waals surface area contributed by atoms with Crippen molar-refractivity contribution in [3.63, 3.8) is 0 Å². The summed E-state index contributed by atoms with van der Waals surface area (Å²) in [6.45, 7) is 3.64. The third-order valence-electron chi connectivity index (χ3n) is 4.54. The van der Waals surface area contributed by atoms with Gasteiger partial charge in [0.15, 0.2) is 14.6 Å². The van der Waals surface area contributed by atoms with Gasteiger partial charge in [0.05, 0.1) is 35.4 Å². The van der Waals surface area contributed by atoms with Crippen molar-refractivity contribution < 1.29 is 27.3 Å². The number of carbonyl (C=O) groups is 1. The Morgan fingerprint density at radius 2 is 2.21 bits per heavy atom. The number of sulfone groups is 1. The highest BCUT2D eigenvalue weighted by atomic mass is 32.2. The normalized spacial score (nSPS) is 17.4. The number of likely N-dealkylation sites (tertiary alicyclic amines) is 1. The van der Waals surface area contributed by atoms with E-state index < -0.39 is 61.5 Å². The predicted octanol–water partition coefficient (Wildman–Crippen LogP) is 1.22. The summed E-state index contributed by atoms with van der Waals surface area (Å²) in [4.78, 5) is 23.0. The fourth-order valence-corrected chi connectivity index (χ4v) is 5.00. The Balaban J connectivity index is 2.27. The van der Waals surface area contributed by atoms with Crippen molar-refractivity contribution in [2.75, 3.05) is 25.4 Å². The monoisotopic (exact) mass is 426 g/mol. The molecule has 29 heavy (non-hydrogen) atoms. The molecule has 10 nitrogen and oxygen atoms in total. The van der Waals surface area contributed by atoms with E-state index in [0.29, 0.717) is 0 Å². The summed E-state index contributed by atoms with van der Waals surface area (Å²) >= 11 is 0. The van der Waals surface area contributed by atoms with E-state index in [-0.39, 0.29) is 12.2 Å². The summed E-state index contributed by atoms with van der Waals surface area (Å²) in [7, 11) is -4.27. The maximum atomic E-state index is 14.2. The van der Waals surface area contributed by atoms with E-state index >= 15 is 0 Å². The van der Waals surface area contributed by atoms with Gasteiger partial charge in [0.2, 0.25) is 0 Å². The fourth-order valence-electron chi connectivity index (χ4n) is 2.93. The van der Waals surface area contributed by atoms with Gasteiger partial charge >= 0.3 is 6.09 Å². The second-order valence-corrected chi connectivity index (χ2v) is 9.23. The number of benzene rings is 1. The second-order valence-electron chi connectivity index (χ2n) is 6.93. The number of nitro groups is 1. The summed E-state index contributed by atoms with van der Waals surface area (Å²) in [6.07, 6.45) is 0.533. The highest BCUT2D eigenvalue weighted by molar-refractivity contribution is 7.93. The van der Waals surface area contributed by atoms with Crippen molar-refractivity contribution in [1.82, 2.24) is 4.90 Å². The van der Waals surface area contributed by atoms with E-state index in [1.807, 2.05) is 0 Å². The second kappa shape index (κ2) is 7.76. The Labute approximate surface area is 166 Å². The molecule has 1 aromatic rings. The molecule has 1 saturated heterocycles. The molecule has 1 fully saturated rings. The summed E-state index contributed by atoms with van der Waals surface area (Å²) in [5.74, 6) is -1.77. The van der Waals surface area contributed by atoms with Gasteiger partial charge in [-0.15, -0.1) is 0 Å². The smallest absolute Gasteiger partial charge is 0.410 e. The Morgan fingerprint density at radius 1 is 1.59 bits per heavy atom. The number of nitrogens with two attached hydrogens (primary N) is 1. The van der Waals surface area contributed by atoms with Gasteiger partial charge in [-0.1, -0.05) is 12.7 Å². The van der Waals surface area contributed by atoms with Gasteiger partial charge in [-0.05, 0) is 13.0 Å². The van der Waals surface area contributed by atoms with Gasteiger partial charge < -0.3 is 15.4 Å². The van der Waals surface area contributed by atoms with Gasteiger partial charge in [-0.25, -0.2) is 17.6 Å². The molecule has 2 rings (SSSR count). The first-order chi connectivity index (χ1) is 13.4. The number of hydrogen-bond acceptors (Lipinski definition) is 8. The SMILES string of the molecule is C=CCOC(=O)N1CC(C#N)(S(=O)(=O)C[C@](C)(N)c2cc([N+](=O)[O-])ccc2F)C1. The van der Waals surface area contributed by atoms with E-state index in [4.69, 9.17) is 10.5 Å². The number of hydrogen-bond donors (Lipinski definition) is 1. The summed E-state index contributed by atoms with van der Waals surface area (Å²) < 4.78 is 42.9. The van der Waals surface area contributed by atoms with Gasteiger partial charge in [-0.2, -0.15) is 5.26 Å². The molecular weight excluding hydrogens is 407 g/mol. The van der Waals surface area contributed by atoms with Crippen LogP contribution in [0, 0.1) is 27.3 Å². The number of ether oxygens (including phenoxy) is 1. The zero-order chi connectivity index (χ0) is 22.0. The lowest BCUT2D eigenvalue weighted by atomic mass is 9.94. The zero-order valence-corrected chi connectivity index (χ0v) is 16.3. The number of amides is 1. The van der Waals surface area contributed by atoms with Crippen LogP contribution >= 0.6 is 0 Å². The fraction of sp³-hybridized carbons (Fsp3) is 0.412. The predicted molar refractivity (Wildman–Crippen MR) is 99.8 cm³/mol. The first-order valence-corrected chi connectivity index (χ1v) is 9.94. The van der Waals surface area contributed by atoms with Crippen LogP contribution < -0.4 is 5.73 Å². The summed E-state index contributed by atoms with van der Waals surface area (Å²) in [5, 5.41) is 20.4. The molecule has 156 valence electrons. The van der Waals surface area contributed by atoms with E-state index in [1.54, 1.807) is 6.07 Å². The number of rotatable bonds is 7. The van der Waals surface area contributed by atoms with Crippen LogP contribution in [0.15, 0.2) is 30.9 Å². The molecule has 1 aliphatic heterocycles. The van der Waals surface area contributed by atoms with Crippen LogP contribution in [0.5, 0.6) is 0 Å². The van der Waals surface area contributed by atoms with E-state index in [0.717, 1.165) is 23.1 Å². The molecule has 1 aliphatic rings. The van der Waals surface area contributed by atoms with Crippen LogP contribution in [0.25, 0.3) is 0 Å². The van der Waals surface area contributed by atoms with Crippen LogP contribution in [0.3, 0.4) is 0 Å². The third-order valence-corrected chi connectivity index (χ3v) is 7.06. The van der Waals surface area contributed by atoms with Crippen LogP contribution in [0.4, 0.5) is 14.9 Å². The lowest BCUT2D eigenvalue weighted by Crippen LogP contribution is -2.68. The molecule has 1 atom stereocenters. The minimum atomic E-state index is -4.27. The highest BCUT2D eigenvalue weighted by Gasteiger charge is 2.57. The molecule has 0 unspecified atom stereocenters. The Hall–Kier alpha value is -3.04. The largest absolute Gasteiger partial charge is 0.445 e. The molecule has 1 aromatic carbocycles. The van der Waals surface area contributed by atoms with E-state index in [2.05, 4.69) is 6.58 Å². The average Bonchev–Trinajstić information content (AvgIpc) is 2.58. The molecule has 0 bridgehead atoms. The minimum absolute atomic E-state index is 0.0748. The van der Waals surface area contributed by atoms with Gasteiger partial charge in [0.1, 0.15) is 12.4 Å². The molecular formula is C17H19FN4O6S. The Bertz CT molecular complexity index is 996. The molecule has 0 radical (unpaired) electrons. The van der Waals surface area contributed by atoms with Gasteiger partial charge in [0.25, 0.3) is 5.69 Å². The quantitative estimate of drug-likeness (QED) is 0.387. The molecule has 12 heteroatoms. The molecule has 0 aromatic heterocycles. The summed E-state index contributed by atoms with van der Waals surface area (Å²) in [6, 6.07) is 4.32. The van der Waals surface area contributed by atoms with Crippen LogP contribution in [0.1, 0.15) is 12.5 Å². The van der Waals surface area contributed by atoms with Crippen LogP contribution in [-0.4, -0.2) is 54.5 Å². The molecule has 1 heterocycles. The van der Waals surface area contributed by atoms with Crippen LogP contribution in [-0.2, 0) is 20.1 Å². The number of nitro benzene ring substituents is 1. The van der Waals surface area contributed by atoms with Gasteiger partial charge in [-0.3, -0.25) is 10.1 Å². The minimum Gasteiger partial charge on any atom is -0.445 e. The van der Waals surface area contributed by atoms with E-state index in [1.165, 1.54) is 13.0 Å². The number of nitrogens with zero attached hydrogens (tertiary/aromatic N) is 3. The molecule has 0 aliphatic carbocycles. The first-order valence-electron chi connectivity index (χ1n) is 8.28. The lowest BCUT2D eigenvalue weighted by molar-refractivity contribution is -0.385. The maximum Gasteiger partial charge on any atom is 0.410 e.